The molecule has 0 aromatic rings. The zero-order valence-corrected chi connectivity index (χ0v) is 11.4. The number of carboxylic acid groups (broad SMARTS) is 1. The van der Waals surface area contributed by atoms with Crippen molar-refractivity contribution in [3.05, 3.63) is 12.7 Å². The summed E-state index contributed by atoms with van der Waals surface area (Å²) >= 11 is 0. The number of aliphatic carboxylic acids is 1. The van der Waals surface area contributed by atoms with Crippen molar-refractivity contribution in [2.75, 3.05) is 19.8 Å². The van der Waals surface area contributed by atoms with Crippen LogP contribution in [0.15, 0.2) is 12.7 Å². The zero-order valence-electron chi connectivity index (χ0n) is 11.4. The molecule has 0 heterocycles. The maximum Gasteiger partial charge on any atom is 0.316 e. The first-order valence-electron chi connectivity index (χ1n) is 6.00. The quantitative estimate of drug-likeness (QED) is 0.392. The molecule has 1 atom stereocenters. The summed E-state index contributed by atoms with van der Waals surface area (Å²) in [5.74, 6) is -2.62. The maximum atomic E-state index is 11.8. The fraction of sp³-hybridized carbons (Fsp3) is 0.692. The van der Waals surface area contributed by atoms with Crippen LogP contribution in [0.1, 0.15) is 27.2 Å². The molecule has 0 aromatic carbocycles. The Balaban J connectivity index is 4.06. The molecule has 0 saturated carbocycles. The molecule has 0 bridgehead atoms. The number of ether oxygens (including phenoxy) is 1. The standard InChI is InChI=1S/C13H23NO4/c1-5-6-8-18-9-7-14-11(15)10(12(16)17)13(2,3)4/h5,10H,1,6-9H2,2-4H3,(H,14,15)(H,16,17). The van der Waals surface area contributed by atoms with Gasteiger partial charge in [-0.25, -0.2) is 0 Å². The Hall–Kier alpha value is -1.36. The number of carbonyl (C=O) groups excluding carboxylic acids is 1. The Morgan fingerprint density at radius 2 is 2.00 bits per heavy atom. The van der Waals surface area contributed by atoms with E-state index >= 15 is 0 Å². The van der Waals surface area contributed by atoms with Gasteiger partial charge in [0.1, 0.15) is 5.92 Å². The van der Waals surface area contributed by atoms with Gasteiger partial charge in [-0.3, -0.25) is 9.59 Å². The van der Waals surface area contributed by atoms with Gasteiger partial charge in [0, 0.05) is 6.54 Å². The molecule has 18 heavy (non-hydrogen) atoms. The Morgan fingerprint density at radius 1 is 1.39 bits per heavy atom. The average Bonchev–Trinajstić information content (AvgIpc) is 2.20. The van der Waals surface area contributed by atoms with Crippen molar-refractivity contribution in [2.45, 2.75) is 27.2 Å². The molecule has 104 valence electrons. The molecule has 1 amide bonds. The van der Waals surface area contributed by atoms with Crippen molar-refractivity contribution in [1.82, 2.24) is 5.32 Å². The predicted octanol–water partition coefficient (Wildman–Crippen LogP) is 1.44. The molecule has 1 unspecified atom stereocenters. The fourth-order valence-corrected chi connectivity index (χ4v) is 1.49. The third kappa shape index (κ3) is 6.39. The van der Waals surface area contributed by atoms with Crippen LogP contribution >= 0.6 is 0 Å². The third-order valence-electron chi connectivity index (χ3n) is 2.39. The van der Waals surface area contributed by atoms with E-state index in [2.05, 4.69) is 11.9 Å². The number of hydrogen-bond acceptors (Lipinski definition) is 3. The van der Waals surface area contributed by atoms with Gasteiger partial charge in [-0.1, -0.05) is 26.8 Å². The number of carboxylic acids is 1. The van der Waals surface area contributed by atoms with Gasteiger partial charge in [0.2, 0.25) is 5.91 Å². The summed E-state index contributed by atoms with van der Waals surface area (Å²) < 4.78 is 5.22. The van der Waals surface area contributed by atoms with E-state index in [1.165, 1.54) is 0 Å². The van der Waals surface area contributed by atoms with Crippen LogP contribution < -0.4 is 5.32 Å². The van der Waals surface area contributed by atoms with E-state index in [0.717, 1.165) is 6.42 Å². The predicted molar refractivity (Wildman–Crippen MR) is 69.2 cm³/mol. The summed E-state index contributed by atoms with van der Waals surface area (Å²) in [5, 5.41) is 11.6. The minimum atomic E-state index is -1.10. The largest absolute Gasteiger partial charge is 0.481 e. The lowest BCUT2D eigenvalue weighted by Crippen LogP contribution is -2.43. The van der Waals surface area contributed by atoms with Crippen LogP contribution in [0.5, 0.6) is 0 Å². The van der Waals surface area contributed by atoms with E-state index < -0.39 is 23.2 Å². The van der Waals surface area contributed by atoms with Gasteiger partial charge in [0.15, 0.2) is 0 Å². The van der Waals surface area contributed by atoms with Crippen molar-refractivity contribution in [2.24, 2.45) is 11.3 Å². The van der Waals surface area contributed by atoms with Crippen LogP contribution in [0.4, 0.5) is 0 Å². The molecule has 0 aliphatic rings. The summed E-state index contributed by atoms with van der Waals surface area (Å²) in [5.41, 5.74) is -0.611. The van der Waals surface area contributed by atoms with Crippen LogP contribution in [0.3, 0.4) is 0 Å². The SMILES string of the molecule is C=CCCOCCNC(=O)C(C(=O)O)C(C)(C)C. The highest BCUT2D eigenvalue weighted by molar-refractivity contribution is 5.97. The fourth-order valence-electron chi connectivity index (χ4n) is 1.49. The lowest BCUT2D eigenvalue weighted by molar-refractivity contribution is -0.151. The Bertz CT molecular complexity index is 294. The van der Waals surface area contributed by atoms with E-state index in [1.54, 1.807) is 26.8 Å². The highest BCUT2D eigenvalue weighted by Gasteiger charge is 2.37. The first-order chi connectivity index (χ1) is 8.30. The van der Waals surface area contributed by atoms with Gasteiger partial charge in [0.25, 0.3) is 0 Å². The average molecular weight is 257 g/mol. The summed E-state index contributed by atoms with van der Waals surface area (Å²) in [7, 11) is 0. The van der Waals surface area contributed by atoms with Crippen LogP contribution in [-0.2, 0) is 14.3 Å². The summed E-state index contributed by atoms with van der Waals surface area (Å²) in [6, 6.07) is 0. The van der Waals surface area contributed by atoms with Crippen LogP contribution in [0.2, 0.25) is 0 Å². The number of carbonyl (C=O) groups is 2. The van der Waals surface area contributed by atoms with Gasteiger partial charge < -0.3 is 15.2 Å². The molecule has 0 aliphatic heterocycles. The Morgan fingerprint density at radius 3 is 2.44 bits per heavy atom. The zero-order chi connectivity index (χ0) is 14.2. The number of nitrogens with one attached hydrogen (secondary N) is 1. The normalized spacial score (nSPS) is 12.8. The molecule has 0 radical (unpaired) electrons. The molecule has 0 saturated heterocycles. The second-order valence-electron chi connectivity index (χ2n) is 5.12. The molecule has 0 aromatic heterocycles. The van der Waals surface area contributed by atoms with Crippen LogP contribution in [-0.4, -0.2) is 36.7 Å². The topological polar surface area (TPSA) is 75.6 Å². The summed E-state index contributed by atoms with van der Waals surface area (Å²) in [6.45, 7) is 9.99. The van der Waals surface area contributed by atoms with E-state index in [9.17, 15) is 9.59 Å². The van der Waals surface area contributed by atoms with Gasteiger partial charge in [-0.15, -0.1) is 6.58 Å². The first-order valence-corrected chi connectivity index (χ1v) is 6.00. The van der Waals surface area contributed by atoms with Gasteiger partial charge in [-0.2, -0.15) is 0 Å². The summed E-state index contributed by atoms with van der Waals surface area (Å²) in [6.07, 6.45) is 2.51. The van der Waals surface area contributed by atoms with E-state index in [4.69, 9.17) is 9.84 Å². The third-order valence-corrected chi connectivity index (χ3v) is 2.39. The van der Waals surface area contributed by atoms with Crippen LogP contribution in [0, 0.1) is 11.3 Å². The first kappa shape index (κ1) is 16.6. The molecule has 0 fully saturated rings. The molecule has 0 rings (SSSR count). The van der Waals surface area contributed by atoms with E-state index in [1.807, 2.05) is 0 Å². The van der Waals surface area contributed by atoms with Crippen molar-refractivity contribution in [1.29, 1.82) is 0 Å². The molecule has 5 nitrogen and oxygen atoms in total. The maximum absolute atomic E-state index is 11.8. The lowest BCUT2D eigenvalue weighted by atomic mass is 9.80. The van der Waals surface area contributed by atoms with E-state index in [0.29, 0.717) is 19.8 Å². The highest BCUT2D eigenvalue weighted by Crippen LogP contribution is 2.26. The lowest BCUT2D eigenvalue weighted by Gasteiger charge is -2.25. The molecular weight excluding hydrogens is 234 g/mol. The Labute approximate surface area is 108 Å². The van der Waals surface area contributed by atoms with Crippen LogP contribution in [0.25, 0.3) is 0 Å². The number of amides is 1. The van der Waals surface area contributed by atoms with E-state index in [-0.39, 0.29) is 0 Å². The molecule has 5 heteroatoms. The molecular formula is C13H23NO4. The van der Waals surface area contributed by atoms with Crippen molar-refractivity contribution < 1.29 is 19.4 Å². The van der Waals surface area contributed by atoms with Crippen molar-refractivity contribution in [3.63, 3.8) is 0 Å². The van der Waals surface area contributed by atoms with Gasteiger partial charge in [0.05, 0.1) is 13.2 Å². The molecule has 2 N–H and O–H groups in total. The molecule has 0 spiro atoms. The van der Waals surface area contributed by atoms with Crippen molar-refractivity contribution >= 4 is 11.9 Å². The van der Waals surface area contributed by atoms with Gasteiger partial charge >= 0.3 is 5.97 Å². The van der Waals surface area contributed by atoms with Crippen molar-refractivity contribution in [3.8, 4) is 0 Å². The smallest absolute Gasteiger partial charge is 0.316 e. The number of hydrogen-bond donors (Lipinski definition) is 2. The minimum Gasteiger partial charge on any atom is -0.481 e. The second kappa shape index (κ2) is 7.87. The minimum absolute atomic E-state index is 0.315. The summed E-state index contributed by atoms with van der Waals surface area (Å²) in [4.78, 5) is 22.8. The monoisotopic (exact) mass is 257 g/mol. The Kier molecular flexibility index (Phi) is 7.27. The van der Waals surface area contributed by atoms with Gasteiger partial charge in [-0.05, 0) is 11.8 Å². The number of rotatable bonds is 8. The second-order valence-corrected chi connectivity index (χ2v) is 5.12. The highest BCUT2D eigenvalue weighted by atomic mass is 16.5. The molecule has 0 aliphatic carbocycles.